The molecule has 168 valence electrons. The largest absolute Gasteiger partial charge is 0.380 e. The smallest absolute Gasteiger partial charge is 0.252 e. The second-order valence-corrected chi connectivity index (χ2v) is 11.1. The van der Waals surface area contributed by atoms with E-state index in [1.807, 2.05) is 6.21 Å². The van der Waals surface area contributed by atoms with Crippen molar-refractivity contribution < 1.29 is 4.79 Å². The van der Waals surface area contributed by atoms with E-state index < -0.39 is 0 Å². The van der Waals surface area contributed by atoms with Crippen molar-refractivity contribution in [3.8, 4) is 0 Å². The number of nitrogens with zero attached hydrogens (tertiary/aromatic N) is 3. The number of carbonyl (C=O) groups excluding carboxylic acids is 1. The van der Waals surface area contributed by atoms with Crippen molar-refractivity contribution in [3.63, 3.8) is 0 Å². The molecule has 2 aliphatic rings. The van der Waals surface area contributed by atoms with Crippen LogP contribution in [0.5, 0.6) is 0 Å². The molecule has 1 fully saturated rings. The van der Waals surface area contributed by atoms with E-state index in [9.17, 15) is 4.79 Å². The van der Waals surface area contributed by atoms with E-state index in [4.69, 9.17) is 0 Å². The van der Waals surface area contributed by atoms with Crippen molar-refractivity contribution in [1.29, 1.82) is 0 Å². The average molecular weight is 600 g/mol. The van der Waals surface area contributed by atoms with E-state index in [1.165, 1.54) is 0 Å². The Morgan fingerprint density at radius 2 is 2.16 bits per heavy atom. The van der Waals surface area contributed by atoms with E-state index in [2.05, 4.69) is 93.5 Å². The van der Waals surface area contributed by atoms with Gasteiger partial charge < -0.3 is 10.6 Å². The second kappa shape index (κ2) is 10.0. The van der Waals surface area contributed by atoms with Crippen LogP contribution in [0.15, 0.2) is 52.1 Å². The Balaban J connectivity index is 1.57. The zero-order valence-electron chi connectivity index (χ0n) is 18.5. The van der Waals surface area contributed by atoms with Gasteiger partial charge in [-0.05, 0) is 51.7 Å². The Kier molecular flexibility index (Phi) is 7.83. The molecule has 3 rings (SSSR count). The van der Waals surface area contributed by atoms with Gasteiger partial charge in [0.05, 0.1) is 34.2 Å². The molecule has 31 heavy (non-hydrogen) atoms. The first-order valence-corrected chi connectivity index (χ1v) is 12.7. The first kappa shape index (κ1) is 24.2. The predicted molar refractivity (Wildman–Crippen MR) is 138 cm³/mol. The van der Waals surface area contributed by atoms with E-state index in [-0.39, 0.29) is 5.91 Å². The highest BCUT2D eigenvalue weighted by molar-refractivity contribution is 14.1. The zero-order chi connectivity index (χ0) is 22.8. The number of allylic oxidation sites excluding steroid dienone is 2. The van der Waals surface area contributed by atoms with Gasteiger partial charge in [-0.1, -0.05) is 56.9 Å². The third-order valence-corrected chi connectivity index (χ3v) is 10.3. The van der Waals surface area contributed by atoms with Crippen LogP contribution in [-0.4, -0.2) is 45.2 Å². The van der Waals surface area contributed by atoms with Gasteiger partial charge in [-0.25, -0.2) is 0 Å². The lowest BCUT2D eigenvalue weighted by molar-refractivity contribution is 0.0950. The molecule has 1 aliphatic heterocycles. The van der Waals surface area contributed by atoms with Gasteiger partial charge in [0.2, 0.25) is 0 Å². The molecule has 1 saturated carbocycles. The van der Waals surface area contributed by atoms with Crippen LogP contribution in [0.25, 0.3) is 0 Å². The third-order valence-electron chi connectivity index (χ3n) is 6.69. The highest BCUT2D eigenvalue weighted by Gasteiger charge is 2.45. The molecule has 2 heterocycles. The lowest BCUT2D eigenvalue weighted by Crippen LogP contribution is -2.52. The number of halogens is 2. The molecule has 0 radical (unpaired) electrons. The number of rotatable bonds is 6. The molecule has 0 aromatic carbocycles. The van der Waals surface area contributed by atoms with Crippen LogP contribution in [0.4, 0.5) is 0 Å². The Hall–Kier alpha value is -1.42. The number of pyridine rings is 1. The van der Waals surface area contributed by atoms with Crippen LogP contribution in [0.3, 0.4) is 0 Å². The fraction of sp³-hybridized carbons (Fsp3) is 0.522. The molecule has 2 N–H and O–H groups in total. The van der Waals surface area contributed by atoms with Gasteiger partial charge in [0.15, 0.2) is 0 Å². The van der Waals surface area contributed by atoms with Gasteiger partial charge in [-0.15, -0.1) is 0 Å². The Morgan fingerprint density at radius 3 is 2.84 bits per heavy atom. The van der Waals surface area contributed by atoms with E-state index in [1.54, 1.807) is 29.5 Å². The van der Waals surface area contributed by atoms with Gasteiger partial charge >= 0.3 is 0 Å². The first-order valence-electron chi connectivity index (χ1n) is 10.6. The summed E-state index contributed by atoms with van der Waals surface area (Å²) in [7, 11) is 0. The molecular weight excluding hydrogens is 569 g/mol. The minimum absolute atomic E-state index is 0.145. The SMILES string of the molecule is C=C1C(Br)=C(N[C@@H]2C[C@H](C)C(C)(C)[C@H](I)[C@H]2C)C=NN1CCNC(=O)c1cccnc1. The van der Waals surface area contributed by atoms with Crippen molar-refractivity contribution >= 4 is 50.6 Å². The van der Waals surface area contributed by atoms with Crippen LogP contribution in [0, 0.1) is 17.3 Å². The van der Waals surface area contributed by atoms with E-state index >= 15 is 0 Å². The Bertz CT molecular complexity index is 885. The van der Waals surface area contributed by atoms with E-state index in [0.29, 0.717) is 45.9 Å². The molecule has 4 atom stereocenters. The minimum Gasteiger partial charge on any atom is -0.380 e. The van der Waals surface area contributed by atoms with Crippen LogP contribution in [0.2, 0.25) is 0 Å². The summed E-state index contributed by atoms with van der Waals surface area (Å²) < 4.78 is 1.50. The number of amides is 1. The Labute approximate surface area is 207 Å². The molecule has 0 unspecified atom stereocenters. The average Bonchev–Trinajstić information content (AvgIpc) is 2.76. The monoisotopic (exact) mass is 599 g/mol. The maximum atomic E-state index is 12.2. The third kappa shape index (κ3) is 5.32. The summed E-state index contributed by atoms with van der Waals surface area (Å²) in [5.41, 5.74) is 2.62. The number of nitrogens with one attached hydrogen (secondary N) is 2. The van der Waals surface area contributed by atoms with Gasteiger partial charge in [-0.3, -0.25) is 14.8 Å². The molecule has 6 nitrogen and oxygen atoms in total. The molecule has 1 aromatic heterocycles. The molecule has 0 saturated heterocycles. The summed E-state index contributed by atoms with van der Waals surface area (Å²) in [4.78, 5) is 16.2. The van der Waals surface area contributed by atoms with Crippen molar-refractivity contribution in [2.24, 2.45) is 22.4 Å². The van der Waals surface area contributed by atoms with Crippen molar-refractivity contribution in [3.05, 3.63) is 52.5 Å². The molecular formula is C23H31BrIN5O. The summed E-state index contributed by atoms with van der Waals surface area (Å²) >= 11 is 6.33. The van der Waals surface area contributed by atoms with Crippen molar-refractivity contribution in [1.82, 2.24) is 20.6 Å². The topological polar surface area (TPSA) is 69.6 Å². The fourth-order valence-electron chi connectivity index (χ4n) is 4.13. The number of carbonyl (C=O) groups is 1. The maximum absolute atomic E-state index is 12.2. The van der Waals surface area contributed by atoms with Crippen molar-refractivity contribution in [2.75, 3.05) is 13.1 Å². The highest BCUT2D eigenvalue weighted by atomic mass is 127. The molecule has 1 amide bonds. The molecule has 0 bridgehead atoms. The number of alkyl halides is 1. The standard InChI is InChI=1S/C23H31BrIN5O/c1-14-11-18(15(2)21(25)23(14,4)5)29-19-13-28-30(16(3)20(19)24)10-9-27-22(31)17-7-6-8-26-12-17/h6-8,12-15,18,21,29H,3,9-11H2,1-2,4-5H3,(H,27,31)/t14-,15-,18+,21+/m0/s1. The molecule has 8 heteroatoms. The molecule has 0 spiro atoms. The number of hydrazone groups is 1. The van der Waals surface area contributed by atoms with Gasteiger partial charge in [-0.2, -0.15) is 5.10 Å². The normalized spacial score (nSPS) is 27.9. The first-order chi connectivity index (χ1) is 14.6. The quantitative estimate of drug-likeness (QED) is 0.367. The van der Waals surface area contributed by atoms with Crippen molar-refractivity contribution in [2.45, 2.75) is 44.1 Å². The summed E-state index contributed by atoms with van der Waals surface area (Å²) in [6.07, 6.45) is 6.18. The molecule has 1 aliphatic carbocycles. The number of aromatic nitrogens is 1. The lowest BCUT2D eigenvalue weighted by atomic mass is 9.64. The fourth-order valence-corrected chi connectivity index (χ4v) is 5.67. The van der Waals surface area contributed by atoms with Crippen LogP contribution in [-0.2, 0) is 0 Å². The number of hydrogen-bond acceptors (Lipinski definition) is 5. The molecule has 1 aromatic rings. The second-order valence-electron chi connectivity index (χ2n) is 9.01. The summed E-state index contributed by atoms with van der Waals surface area (Å²) in [6.45, 7) is 14.6. The zero-order valence-corrected chi connectivity index (χ0v) is 22.3. The number of hydrogen-bond donors (Lipinski definition) is 2. The van der Waals surface area contributed by atoms with Gasteiger partial charge in [0.25, 0.3) is 5.91 Å². The van der Waals surface area contributed by atoms with Gasteiger partial charge in [0.1, 0.15) is 0 Å². The summed E-state index contributed by atoms with van der Waals surface area (Å²) in [5.74, 6) is 1.03. The van der Waals surface area contributed by atoms with Crippen LogP contribution in [0.1, 0.15) is 44.5 Å². The summed E-state index contributed by atoms with van der Waals surface area (Å²) in [6, 6.07) is 3.88. The Morgan fingerprint density at radius 1 is 1.42 bits per heavy atom. The lowest BCUT2D eigenvalue weighted by Gasteiger charge is -2.49. The van der Waals surface area contributed by atoms with Crippen LogP contribution >= 0.6 is 38.5 Å². The van der Waals surface area contributed by atoms with Crippen LogP contribution < -0.4 is 10.6 Å². The minimum atomic E-state index is -0.145. The summed E-state index contributed by atoms with van der Waals surface area (Å²) in [5, 5.41) is 13.0. The maximum Gasteiger partial charge on any atom is 0.252 e. The highest BCUT2D eigenvalue weighted by Crippen LogP contribution is 2.47. The predicted octanol–water partition coefficient (Wildman–Crippen LogP) is 4.70. The van der Waals surface area contributed by atoms with Gasteiger partial charge in [0, 0.05) is 28.9 Å². The van der Waals surface area contributed by atoms with E-state index in [0.717, 1.165) is 22.3 Å².